The van der Waals surface area contributed by atoms with Crippen molar-refractivity contribution in [1.29, 1.82) is 0 Å². The third-order valence-corrected chi connectivity index (χ3v) is 3.89. The Balaban J connectivity index is 2.12. The fraction of sp³-hybridized carbons (Fsp3) is 0.235. The highest BCUT2D eigenvalue weighted by molar-refractivity contribution is 9.10. The second-order valence-electron chi connectivity index (χ2n) is 4.99. The summed E-state index contributed by atoms with van der Waals surface area (Å²) >= 11 is 3.36. The Kier molecular flexibility index (Phi) is 6.14. The molecule has 1 unspecified atom stereocenters. The van der Waals surface area contributed by atoms with E-state index in [0.29, 0.717) is 0 Å². The van der Waals surface area contributed by atoms with E-state index in [0.717, 1.165) is 10.0 Å². The van der Waals surface area contributed by atoms with E-state index in [-0.39, 0.29) is 29.0 Å². The number of carbonyl (C=O) groups is 1. The average molecular weight is 400 g/mol. The molecule has 0 bridgehead atoms. The number of benzene rings is 2. The molecule has 0 radical (unpaired) electrons. The summed E-state index contributed by atoms with van der Waals surface area (Å²) in [5, 5.41) is 2.84. The Morgan fingerprint density at radius 1 is 1.12 bits per heavy atom. The molecule has 1 N–H and O–H groups in total. The lowest BCUT2D eigenvalue weighted by molar-refractivity contribution is -0.0512. The maximum atomic E-state index is 12.3. The largest absolute Gasteiger partial charge is 0.493 e. The second kappa shape index (κ2) is 8.10. The first-order valence-electron chi connectivity index (χ1n) is 7.10. The first kappa shape index (κ1) is 18.2. The normalized spacial score (nSPS) is 11.9. The van der Waals surface area contributed by atoms with Crippen LogP contribution in [-0.4, -0.2) is 19.6 Å². The van der Waals surface area contributed by atoms with Crippen LogP contribution in [0.4, 0.5) is 8.78 Å². The summed E-state index contributed by atoms with van der Waals surface area (Å²) in [6.07, 6.45) is 0. The van der Waals surface area contributed by atoms with Gasteiger partial charge in [-0.15, -0.1) is 0 Å². The van der Waals surface area contributed by atoms with Crippen molar-refractivity contribution in [2.45, 2.75) is 19.6 Å². The van der Waals surface area contributed by atoms with E-state index >= 15 is 0 Å². The summed E-state index contributed by atoms with van der Waals surface area (Å²) in [5.74, 6) is -0.392. The molecule has 4 nitrogen and oxygen atoms in total. The maximum Gasteiger partial charge on any atom is 0.387 e. The lowest BCUT2D eigenvalue weighted by atomic mass is 10.1. The zero-order chi connectivity index (χ0) is 17.7. The number of methoxy groups -OCH3 is 1. The topological polar surface area (TPSA) is 47.6 Å². The van der Waals surface area contributed by atoms with Gasteiger partial charge in [-0.05, 0) is 42.8 Å². The van der Waals surface area contributed by atoms with E-state index in [1.165, 1.54) is 25.3 Å². The number of amides is 1. The highest BCUT2D eigenvalue weighted by Gasteiger charge is 2.16. The van der Waals surface area contributed by atoms with Gasteiger partial charge in [-0.25, -0.2) is 0 Å². The summed E-state index contributed by atoms with van der Waals surface area (Å²) in [5.41, 5.74) is 1.23. The van der Waals surface area contributed by atoms with Crippen molar-refractivity contribution in [3.8, 4) is 11.5 Å². The van der Waals surface area contributed by atoms with E-state index in [2.05, 4.69) is 26.0 Å². The van der Waals surface area contributed by atoms with E-state index in [1.807, 2.05) is 31.2 Å². The monoisotopic (exact) mass is 399 g/mol. The van der Waals surface area contributed by atoms with Crippen molar-refractivity contribution >= 4 is 21.8 Å². The predicted octanol–water partition coefficient (Wildman–Crippen LogP) is 4.55. The number of hydrogen-bond acceptors (Lipinski definition) is 3. The Morgan fingerprint density at radius 2 is 1.79 bits per heavy atom. The molecule has 0 aliphatic carbocycles. The molecule has 1 atom stereocenters. The maximum absolute atomic E-state index is 12.3. The minimum atomic E-state index is -2.96. The van der Waals surface area contributed by atoms with Gasteiger partial charge >= 0.3 is 6.61 Å². The standard InChI is InChI=1S/C17H16BrF2NO3/c1-10(11-3-6-13(18)7-4-11)21-16(22)12-5-8-14(24-17(19)20)15(9-12)23-2/h3-10,17H,1-2H3,(H,21,22). The third kappa shape index (κ3) is 4.67. The molecule has 2 rings (SSSR count). The lowest BCUT2D eigenvalue weighted by Crippen LogP contribution is -2.26. The number of halogens is 3. The Labute approximate surface area is 146 Å². The van der Waals surface area contributed by atoms with E-state index in [9.17, 15) is 13.6 Å². The second-order valence-corrected chi connectivity index (χ2v) is 5.91. The minimum absolute atomic E-state index is 0.0687. The highest BCUT2D eigenvalue weighted by Crippen LogP contribution is 2.29. The molecular weight excluding hydrogens is 384 g/mol. The lowest BCUT2D eigenvalue weighted by Gasteiger charge is -2.16. The van der Waals surface area contributed by atoms with Crippen LogP contribution in [0.3, 0.4) is 0 Å². The smallest absolute Gasteiger partial charge is 0.387 e. The quantitative estimate of drug-likeness (QED) is 0.774. The van der Waals surface area contributed by atoms with Crippen LogP contribution in [0.1, 0.15) is 28.9 Å². The molecule has 0 aliphatic heterocycles. The van der Waals surface area contributed by atoms with Gasteiger partial charge in [0.25, 0.3) is 5.91 Å². The molecule has 0 spiro atoms. The number of hydrogen-bond donors (Lipinski definition) is 1. The van der Waals surface area contributed by atoms with Crippen LogP contribution in [0.25, 0.3) is 0 Å². The molecule has 0 heterocycles. The molecule has 0 saturated carbocycles. The van der Waals surface area contributed by atoms with Crippen LogP contribution in [-0.2, 0) is 0 Å². The zero-order valence-corrected chi connectivity index (χ0v) is 14.6. The SMILES string of the molecule is COc1cc(C(=O)NC(C)c2ccc(Br)cc2)ccc1OC(F)F. The van der Waals surface area contributed by atoms with Crippen LogP contribution in [0, 0.1) is 0 Å². The molecule has 0 saturated heterocycles. The minimum Gasteiger partial charge on any atom is -0.493 e. The van der Waals surface area contributed by atoms with Crippen molar-refractivity contribution in [2.24, 2.45) is 0 Å². The molecular formula is C17H16BrF2NO3. The number of carbonyl (C=O) groups excluding carboxylic acids is 1. The molecule has 2 aromatic rings. The van der Waals surface area contributed by atoms with Crippen LogP contribution in [0.2, 0.25) is 0 Å². The molecule has 0 aliphatic rings. The summed E-state index contributed by atoms with van der Waals surface area (Å²) in [7, 11) is 1.32. The first-order chi connectivity index (χ1) is 11.4. The van der Waals surface area contributed by atoms with Crippen LogP contribution in [0.15, 0.2) is 46.9 Å². The van der Waals surface area contributed by atoms with Gasteiger partial charge in [-0.1, -0.05) is 28.1 Å². The fourth-order valence-electron chi connectivity index (χ4n) is 2.12. The molecule has 0 fully saturated rings. The van der Waals surface area contributed by atoms with Crippen molar-refractivity contribution in [3.63, 3.8) is 0 Å². The molecule has 7 heteroatoms. The van der Waals surface area contributed by atoms with Crippen molar-refractivity contribution in [3.05, 3.63) is 58.1 Å². The average Bonchev–Trinajstić information content (AvgIpc) is 2.55. The third-order valence-electron chi connectivity index (χ3n) is 3.36. The Bertz CT molecular complexity index is 707. The van der Waals surface area contributed by atoms with Gasteiger partial charge in [0.2, 0.25) is 0 Å². The van der Waals surface area contributed by atoms with Crippen molar-refractivity contribution in [2.75, 3.05) is 7.11 Å². The van der Waals surface area contributed by atoms with Crippen LogP contribution >= 0.6 is 15.9 Å². The summed E-state index contributed by atoms with van der Waals surface area (Å²) < 4.78 is 34.9. The van der Waals surface area contributed by atoms with Gasteiger partial charge in [0, 0.05) is 10.0 Å². The number of nitrogens with one attached hydrogen (secondary N) is 1. The number of rotatable bonds is 6. The fourth-order valence-corrected chi connectivity index (χ4v) is 2.38. The van der Waals surface area contributed by atoms with Gasteiger partial charge in [0.1, 0.15) is 0 Å². The predicted molar refractivity (Wildman–Crippen MR) is 89.6 cm³/mol. The van der Waals surface area contributed by atoms with Crippen LogP contribution in [0.5, 0.6) is 11.5 Å². The summed E-state index contributed by atoms with van der Waals surface area (Å²) in [6, 6.07) is 11.4. The summed E-state index contributed by atoms with van der Waals surface area (Å²) in [4.78, 5) is 12.3. The Hall–Kier alpha value is -2.15. The molecule has 0 aromatic heterocycles. The van der Waals surface area contributed by atoms with E-state index < -0.39 is 6.61 Å². The van der Waals surface area contributed by atoms with Crippen molar-refractivity contribution < 1.29 is 23.0 Å². The first-order valence-corrected chi connectivity index (χ1v) is 7.89. The molecule has 1 amide bonds. The van der Waals surface area contributed by atoms with Gasteiger partial charge in [0.15, 0.2) is 11.5 Å². The van der Waals surface area contributed by atoms with Gasteiger partial charge in [-0.2, -0.15) is 8.78 Å². The molecule has 2 aromatic carbocycles. The number of alkyl halides is 2. The van der Waals surface area contributed by atoms with Crippen LogP contribution < -0.4 is 14.8 Å². The zero-order valence-electron chi connectivity index (χ0n) is 13.1. The van der Waals surface area contributed by atoms with Crippen molar-refractivity contribution in [1.82, 2.24) is 5.32 Å². The van der Waals surface area contributed by atoms with Gasteiger partial charge in [-0.3, -0.25) is 4.79 Å². The summed E-state index contributed by atoms with van der Waals surface area (Å²) in [6.45, 7) is -1.11. The van der Waals surface area contributed by atoms with Gasteiger partial charge in [0.05, 0.1) is 13.2 Å². The highest BCUT2D eigenvalue weighted by atomic mass is 79.9. The molecule has 128 valence electrons. The number of ether oxygens (including phenoxy) is 2. The molecule has 24 heavy (non-hydrogen) atoms. The van der Waals surface area contributed by atoms with Gasteiger partial charge < -0.3 is 14.8 Å². The Morgan fingerprint density at radius 3 is 2.38 bits per heavy atom. The van der Waals surface area contributed by atoms with E-state index in [4.69, 9.17) is 4.74 Å². The van der Waals surface area contributed by atoms with E-state index in [1.54, 1.807) is 0 Å².